The molecule has 0 atom stereocenters. The van der Waals surface area contributed by atoms with Crippen LogP contribution in [0.4, 0.5) is 0 Å². The number of amides is 2. The van der Waals surface area contributed by atoms with Gasteiger partial charge in [-0.3, -0.25) is 14.6 Å². The second kappa shape index (κ2) is 10.0. The number of esters is 1. The van der Waals surface area contributed by atoms with Gasteiger partial charge in [-0.05, 0) is 38.8 Å². The van der Waals surface area contributed by atoms with E-state index in [1.807, 2.05) is 52.0 Å². The van der Waals surface area contributed by atoms with Gasteiger partial charge in [0, 0.05) is 31.2 Å². The number of benzene rings is 1. The molecule has 0 aliphatic carbocycles. The Balaban J connectivity index is 2.12. The van der Waals surface area contributed by atoms with Crippen LogP contribution in [-0.4, -0.2) is 65.9 Å². The molecule has 0 saturated carbocycles. The highest BCUT2D eigenvalue weighted by Crippen LogP contribution is 2.24. The van der Waals surface area contributed by atoms with Gasteiger partial charge in [0.2, 0.25) is 5.91 Å². The molecule has 0 fully saturated rings. The van der Waals surface area contributed by atoms with E-state index in [0.29, 0.717) is 30.5 Å². The summed E-state index contributed by atoms with van der Waals surface area (Å²) in [6.45, 7) is 8.29. The van der Waals surface area contributed by atoms with Crippen LogP contribution in [0, 0.1) is 6.92 Å². The summed E-state index contributed by atoms with van der Waals surface area (Å²) < 4.78 is 5.31. The molecule has 156 valence electrons. The van der Waals surface area contributed by atoms with E-state index in [-0.39, 0.29) is 12.5 Å². The lowest BCUT2D eigenvalue weighted by Gasteiger charge is -2.23. The SMILES string of the molecule is CCc1nc2ccccc2c(C(=O)OCC(=O)N(C)CC(=O)N(CC)CC)c1C. The number of pyridine rings is 1. The summed E-state index contributed by atoms with van der Waals surface area (Å²) >= 11 is 0. The summed E-state index contributed by atoms with van der Waals surface area (Å²) in [7, 11) is 1.53. The first-order valence-corrected chi connectivity index (χ1v) is 9.90. The van der Waals surface area contributed by atoms with Gasteiger partial charge in [-0.15, -0.1) is 0 Å². The molecular weight excluding hydrogens is 370 g/mol. The van der Waals surface area contributed by atoms with Crippen molar-refractivity contribution in [3.05, 3.63) is 41.1 Å². The van der Waals surface area contributed by atoms with E-state index >= 15 is 0 Å². The second-order valence-electron chi connectivity index (χ2n) is 6.82. The van der Waals surface area contributed by atoms with Crippen molar-refractivity contribution in [1.82, 2.24) is 14.8 Å². The maximum atomic E-state index is 12.8. The Labute approximate surface area is 171 Å². The Bertz CT molecular complexity index is 906. The summed E-state index contributed by atoms with van der Waals surface area (Å²) in [5, 5.41) is 0.699. The molecule has 0 bridgehead atoms. The van der Waals surface area contributed by atoms with Crippen molar-refractivity contribution in [2.75, 3.05) is 33.3 Å². The molecule has 1 aromatic carbocycles. The van der Waals surface area contributed by atoms with E-state index < -0.39 is 18.5 Å². The van der Waals surface area contributed by atoms with Crippen LogP contribution in [0.5, 0.6) is 0 Å². The van der Waals surface area contributed by atoms with Crippen molar-refractivity contribution in [3.8, 4) is 0 Å². The quantitative estimate of drug-likeness (QED) is 0.638. The number of ether oxygens (including phenoxy) is 1. The van der Waals surface area contributed by atoms with Crippen LogP contribution >= 0.6 is 0 Å². The van der Waals surface area contributed by atoms with E-state index in [2.05, 4.69) is 4.98 Å². The fraction of sp³-hybridized carbons (Fsp3) is 0.455. The summed E-state index contributed by atoms with van der Waals surface area (Å²) in [4.78, 5) is 44.8. The molecule has 0 spiro atoms. The molecule has 1 heterocycles. The highest BCUT2D eigenvalue weighted by atomic mass is 16.5. The molecule has 2 aromatic rings. The van der Waals surface area contributed by atoms with E-state index in [0.717, 1.165) is 16.8 Å². The Morgan fingerprint density at radius 1 is 1.03 bits per heavy atom. The van der Waals surface area contributed by atoms with Crippen LogP contribution in [0.1, 0.15) is 42.4 Å². The third-order valence-electron chi connectivity index (χ3n) is 5.02. The topological polar surface area (TPSA) is 79.8 Å². The van der Waals surface area contributed by atoms with Gasteiger partial charge in [0.05, 0.1) is 17.6 Å². The van der Waals surface area contributed by atoms with Crippen LogP contribution < -0.4 is 0 Å². The minimum absolute atomic E-state index is 0.0464. The number of carbonyl (C=O) groups is 3. The second-order valence-corrected chi connectivity index (χ2v) is 6.82. The van der Waals surface area contributed by atoms with Gasteiger partial charge in [-0.1, -0.05) is 25.1 Å². The minimum Gasteiger partial charge on any atom is -0.452 e. The Kier molecular flexibility index (Phi) is 7.70. The van der Waals surface area contributed by atoms with Gasteiger partial charge in [0.25, 0.3) is 5.91 Å². The fourth-order valence-electron chi connectivity index (χ4n) is 3.24. The lowest BCUT2D eigenvalue weighted by Crippen LogP contribution is -2.42. The number of rotatable bonds is 8. The normalized spacial score (nSPS) is 10.7. The van der Waals surface area contributed by atoms with Gasteiger partial charge in [-0.25, -0.2) is 4.79 Å². The summed E-state index contributed by atoms with van der Waals surface area (Å²) in [6, 6.07) is 7.37. The molecule has 7 heteroatoms. The molecule has 0 saturated heterocycles. The largest absolute Gasteiger partial charge is 0.452 e. The van der Waals surface area contributed by atoms with Crippen LogP contribution in [0.15, 0.2) is 24.3 Å². The average Bonchev–Trinajstić information content (AvgIpc) is 2.72. The molecule has 0 aliphatic heterocycles. The fourth-order valence-corrected chi connectivity index (χ4v) is 3.24. The molecule has 29 heavy (non-hydrogen) atoms. The summed E-state index contributed by atoms with van der Waals surface area (Å²) in [5.41, 5.74) is 2.73. The van der Waals surface area contributed by atoms with Crippen molar-refractivity contribution < 1.29 is 19.1 Å². The maximum absolute atomic E-state index is 12.8. The van der Waals surface area contributed by atoms with Gasteiger partial charge in [0.1, 0.15) is 0 Å². The molecule has 1 aromatic heterocycles. The number of likely N-dealkylation sites (N-methyl/N-ethyl adjacent to an activating group) is 2. The molecule has 0 aliphatic rings. The predicted molar refractivity (Wildman–Crippen MR) is 112 cm³/mol. The third-order valence-corrected chi connectivity index (χ3v) is 5.02. The Morgan fingerprint density at radius 2 is 1.69 bits per heavy atom. The van der Waals surface area contributed by atoms with E-state index in [4.69, 9.17) is 4.74 Å². The first kappa shape index (κ1) is 22.3. The number of aromatic nitrogens is 1. The van der Waals surface area contributed by atoms with Crippen molar-refractivity contribution in [1.29, 1.82) is 0 Å². The maximum Gasteiger partial charge on any atom is 0.339 e. The smallest absolute Gasteiger partial charge is 0.339 e. The molecular formula is C22H29N3O4. The highest BCUT2D eigenvalue weighted by molar-refractivity contribution is 6.05. The highest BCUT2D eigenvalue weighted by Gasteiger charge is 2.21. The zero-order valence-electron chi connectivity index (χ0n) is 17.8. The number of fused-ring (bicyclic) bond motifs is 1. The van der Waals surface area contributed by atoms with Crippen LogP contribution in [0.2, 0.25) is 0 Å². The summed E-state index contributed by atoms with van der Waals surface area (Å²) in [5.74, 6) is -1.13. The zero-order chi connectivity index (χ0) is 21.6. The zero-order valence-corrected chi connectivity index (χ0v) is 17.8. The van der Waals surface area contributed by atoms with Gasteiger partial charge >= 0.3 is 5.97 Å². The van der Waals surface area contributed by atoms with E-state index in [9.17, 15) is 14.4 Å². The monoisotopic (exact) mass is 399 g/mol. The predicted octanol–water partition coefficient (Wildman–Crippen LogP) is 2.59. The van der Waals surface area contributed by atoms with Crippen LogP contribution in [0.25, 0.3) is 10.9 Å². The number of carbonyl (C=O) groups excluding carboxylic acids is 3. The van der Waals surface area contributed by atoms with E-state index in [1.54, 1.807) is 4.90 Å². The molecule has 2 rings (SSSR count). The van der Waals surface area contributed by atoms with Crippen molar-refractivity contribution in [3.63, 3.8) is 0 Å². The molecule has 0 N–H and O–H groups in total. The van der Waals surface area contributed by atoms with Crippen LogP contribution in [0.3, 0.4) is 0 Å². The number of hydrogen-bond acceptors (Lipinski definition) is 5. The standard InChI is InChI=1S/C22H29N3O4/c1-6-17-15(4)21(16-11-9-10-12-18(16)23-17)22(28)29-14-20(27)24(5)13-19(26)25(7-2)8-3/h9-12H,6-8,13-14H2,1-5H3. The molecule has 0 unspecified atom stereocenters. The number of para-hydroxylation sites is 1. The Hall–Kier alpha value is -2.96. The average molecular weight is 399 g/mol. The Morgan fingerprint density at radius 3 is 2.31 bits per heavy atom. The number of hydrogen-bond donors (Lipinski definition) is 0. The van der Waals surface area contributed by atoms with Crippen LogP contribution in [-0.2, 0) is 20.7 Å². The summed E-state index contributed by atoms with van der Waals surface area (Å²) in [6.07, 6.45) is 0.687. The van der Waals surface area contributed by atoms with Gasteiger partial charge in [0.15, 0.2) is 6.61 Å². The lowest BCUT2D eigenvalue weighted by molar-refractivity contribution is -0.140. The number of aryl methyl sites for hydroxylation is 1. The first-order valence-electron chi connectivity index (χ1n) is 9.90. The van der Waals surface area contributed by atoms with E-state index in [1.165, 1.54) is 11.9 Å². The molecule has 7 nitrogen and oxygen atoms in total. The first-order chi connectivity index (χ1) is 13.8. The van der Waals surface area contributed by atoms with Gasteiger partial charge in [-0.2, -0.15) is 0 Å². The van der Waals surface area contributed by atoms with Crippen molar-refractivity contribution in [2.45, 2.75) is 34.1 Å². The lowest BCUT2D eigenvalue weighted by atomic mass is 10.0. The van der Waals surface area contributed by atoms with Crippen molar-refractivity contribution >= 4 is 28.7 Å². The third kappa shape index (κ3) is 5.10. The number of nitrogens with zero attached hydrogens (tertiary/aromatic N) is 3. The molecule has 0 radical (unpaired) electrons. The minimum atomic E-state index is -0.562. The molecule has 2 amide bonds. The van der Waals surface area contributed by atoms with Gasteiger partial charge < -0.3 is 14.5 Å². The van der Waals surface area contributed by atoms with Crippen molar-refractivity contribution in [2.24, 2.45) is 0 Å².